The Morgan fingerprint density at radius 3 is 3.12 bits per heavy atom. The second-order valence-electron chi connectivity index (χ2n) is 4.82. The molecule has 0 amide bonds. The first-order valence-electron chi connectivity index (χ1n) is 6.13. The Kier molecular flexibility index (Phi) is 2.82. The van der Waals surface area contributed by atoms with E-state index in [1.165, 1.54) is 5.56 Å². The highest BCUT2D eigenvalue weighted by Gasteiger charge is 2.26. The van der Waals surface area contributed by atoms with E-state index in [1.54, 1.807) is 0 Å². The molecule has 0 spiro atoms. The topological polar surface area (TPSA) is 49.6 Å². The zero-order valence-corrected chi connectivity index (χ0v) is 9.71. The van der Waals surface area contributed by atoms with Crippen molar-refractivity contribution in [1.82, 2.24) is 14.9 Å². The summed E-state index contributed by atoms with van der Waals surface area (Å²) >= 11 is 0. The minimum absolute atomic E-state index is 0.0567. The molecule has 2 N–H and O–H groups in total. The zero-order valence-electron chi connectivity index (χ0n) is 9.71. The summed E-state index contributed by atoms with van der Waals surface area (Å²) in [6.07, 6.45) is 5.71. The van der Waals surface area contributed by atoms with Gasteiger partial charge in [-0.25, -0.2) is 4.52 Å². The number of fused-ring (bicyclic) bond motifs is 1. The Bertz CT molecular complexity index is 502. The summed E-state index contributed by atoms with van der Waals surface area (Å²) in [6, 6.07) is 6.09. The molecule has 0 bridgehead atoms. The molecule has 1 aliphatic carbocycles. The summed E-state index contributed by atoms with van der Waals surface area (Å²) in [4.78, 5) is 0. The molecule has 90 valence electrons. The van der Waals surface area contributed by atoms with E-state index in [2.05, 4.69) is 16.5 Å². The SMILES string of the molecule is OC1CC(CNCc2cnn3ccccc23)C1. The Hall–Kier alpha value is -1.39. The van der Waals surface area contributed by atoms with Gasteiger partial charge in [-0.05, 0) is 37.4 Å². The predicted octanol–water partition coefficient (Wildman–Crippen LogP) is 1.19. The molecule has 1 saturated carbocycles. The lowest BCUT2D eigenvalue weighted by Crippen LogP contribution is -2.35. The third-order valence-corrected chi connectivity index (χ3v) is 3.47. The highest BCUT2D eigenvalue weighted by Crippen LogP contribution is 2.26. The van der Waals surface area contributed by atoms with Gasteiger partial charge in [-0.15, -0.1) is 0 Å². The lowest BCUT2D eigenvalue weighted by Gasteiger charge is -2.31. The number of nitrogens with zero attached hydrogens (tertiary/aromatic N) is 2. The van der Waals surface area contributed by atoms with Crippen molar-refractivity contribution < 1.29 is 5.11 Å². The summed E-state index contributed by atoms with van der Waals surface area (Å²) in [5.41, 5.74) is 2.39. The molecule has 3 rings (SSSR count). The fourth-order valence-electron chi connectivity index (χ4n) is 2.40. The van der Waals surface area contributed by atoms with Crippen LogP contribution in [0.5, 0.6) is 0 Å². The minimum Gasteiger partial charge on any atom is -0.393 e. The van der Waals surface area contributed by atoms with Gasteiger partial charge in [0.15, 0.2) is 0 Å². The molecule has 1 aliphatic rings. The van der Waals surface area contributed by atoms with Crippen LogP contribution in [0, 0.1) is 5.92 Å². The van der Waals surface area contributed by atoms with Gasteiger partial charge in [0, 0.05) is 18.3 Å². The van der Waals surface area contributed by atoms with Crippen LogP contribution in [0.15, 0.2) is 30.6 Å². The first kappa shape index (κ1) is 10.7. The summed E-state index contributed by atoms with van der Waals surface area (Å²) in [5.74, 6) is 0.645. The molecular weight excluding hydrogens is 214 g/mol. The number of aliphatic hydroxyl groups excluding tert-OH is 1. The van der Waals surface area contributed by atoms with Crippen molar-refractivity contribution in [2.24, 2.45) is 5.92 Å². The smallest absolute Gasteiger partial charge is 0.0706 e. The van der Waals surface area contributed by atoms with Crippen LogP contribution in [0.1, 0.15) is 18.4 Å². The van der Waals surface area contributed by atoms with Gasteiger partial charge in [0.1, 0.15) is 0 Å². The highest BCUT2D eigenvalue weighted by atomic mass is 16.3. The first-order valence-corrected chi connectivity index (χ1v) is 6.13. The minimum atomic E-state index is -0.0567. The summed E-state index contributed by atoms with van der Waals surface area (Å²) < 4.78 is 1.89. The van der Waals surface area contributed by atoms with Crippen molar-refractivity contribution in [2.75, 3.05) is 6.54 Å². The molecule has 4 heteroatoms. The molecule has 2 aromatic rings. The Labute approximate surface area is 100 Å². The van der Waals surface area contributed by atoms with Crippen LogP contribution in [-0.4, -0.2) is 27.4 Å². The Morgan fingerprint density at radius 1 is 1.41 bits per heavy atom. The number of hydrogen-bond acceptors (Lipinski definition) is 3. The molecule has 0 aliphatic heterocycles. The second-order valence-corrected chi connectivity index (χ2v) is 4.82. The third-order valence-electron chi connectivity index (χ3n) is 3.47. The number of rotatable bonds is 4. The number of aromatic nitrogens is 2. The quantitative estimate of drug-likeness (QED) is 0.831. The molecular formula is C13H17N3O. The van der Waals surface area contributed by atoms with E-state index < -0.39 is 0 Å². The van der Waals surface area contributed by atoms with Gasteiger partial charge in [0.25, 0.3) is 0 Å². The lowest BCUT2D eigenvalue weighted by molar-refractivity contribution is 0.0430. The van der Waals surface area contributed by atoms with E-state index >= 15 is 0 Å². The van der Waals surface area contributed by atoms with Gasteiger partial charge >= 0.3 is 0 Å². The Balaban J connectivity index is 1.58. The fourth-order valence-corrected chi connectivity index (χ4v) is 2.40. The van der Waals surface area contributed by atoms with E-state index in [9.17, 15) is 5.11 Å². The lowest BCUT2D eigenvalue weighted by atomic mass is 9.82. The van der Waals surface area contributed by atoms with Crippen molar-refractivity contribution in [1.29, 1.82) is 0 Å². The van der Waals surface area contributed by atoms with Crippen LogP contribution in [0.25, 0.3) is 5.52 Å². The summed E-state index contributed by atoms with van der Waals surface area (Å²) in [5, 5.41) is 16.9. The maximum Gasteiger partial charge on any atom is 0.0706 e. The number of nitrogens with one attached hydrogen (secondary N) is 1. The van der Waals surface area contributed by atoms with Crippen LogP contribution >= 0.6 is 0 Å². The highest BCUT2D eigenvalue weighted by molar-refractivity contribution is 5.53. The summed E-state index contributed by atoms with van der Waals surface area (Å²) in [7, 11) is 0. The molecule has 0 radical (unpaired) electrons. The van der Waals surface area contributed by atoms with Crippen molar-refractivity contribution >= 4 is 5.52 Å². The molecule has 2 aromatic heterocycles. The van der Waals surface area contributed by atoms with Gasteiger partial charge in [-0.2, -0.15) is 5.10 Å². The zero-order chi connectivity index (χ0) is 11.7. The van der Waals surface area contributed by atoms with Gasteiger partial charge in [0.05, 0.1) is 17.8 Å². The fraction of sp³-hybridized carbons (Fsp3) is 0.462. The number of pyridine rings is 1. The number of aliphatic hydroxyl groups is 1. The van der Waals surface area contributed by atoms with Crippen molar-refractivity contribution in [2.45, 2.75) is 25.5 Å². The van der Waals surface area contributed by atoms with Crippen LogP contribution < -0.4 is 5.32 Å². The van der Waals surface area contributed by atoms with E-state index in [0.29, 0.717) is 5.92 Å². The molecule has 0 aromatic carbocycles. The van der Waals surface area contributed by atoms with Crippen LogP contribution in [0.2, 0.25) is 0 Å². The standard InChI is InChI=1S/C13H17N3O/c17-12-5-10(6-12)7-14-8-11-9-15-16-4-2-1-3-13(11)16/h1-4,9-10,12,14,17H,5-8H2. The molecule has 0 saturated heterocycles. The monoisotopic (exact) mass is 231 g/mol. The Morgan fingerprint density at radius 2 is 2.29 bits per heavy atom. The van der Waals surface area contributed by atoms with Gasteiger partial charge < -0.3 is 10.4 Å². The van der Waals surface area contributed by atoms with E-state index in [-0.39, 0.29) is 6.10 Å². The maximum absolute atomic E-state index is 9.20. The van der Waals surface area contributed by atoms with Crippen molar-refractivity contribution in [3.8, 4) is 0 Å². The van der Waals surface area contributed by atoms with Crippen molar-refractivity contribution in [3.05, 3.63) is 36.2 Å². The molecule has 17 heavy (non-hydrogen) atoms. The number of hydrogen-bond donors (Lipinski definition) is 2. The van der Waals surface area contributed by atoms with Gasteiger partial charge in [-0.3, -0.25) is 0 Å². The van der Waals surface area contributed by atoms with Crippen LogP contribution in [-0.2, 0) is 6.54 Å². The third kappa shape index (κ3) is 2.18. The van der Waals surface area contributed by atoms with Crippen molar-refractivity contribution in [3.63, 3.8) is 0 Å². The van der Waals surface area contributed by atoms with E-state index in [0.717, 1.165) is 31.4 Å². The average molecular weight is 231 g/mol. The largest absolute Gasteiger partial charge is 0.393 e. The van der Waals surface area contributed by atoms with Crippen LogP contribution in [0.4, 0.5) is 0 Å². The van der Waals surface area contributed by atoms with E-state index in [1.807, 2.05) is 29.0 Å². The van der Waals surface area contributed by atoms with Gasteiger partial charge in [0.2, 0.25) is 0 Å². The van der Waals surface area contributed by atoms with Gasteiger partial charge in [-0.1, -0.05) is 6.07 Å². The van der Waals surface area contributed by atoms with E-state index in [4.69, 9.17) is 0 Å². The second kappa shape index (κ2) is 4.47. The average Bonchev–Trinajstić information content (AvgIpc) is 2.70. The molecule has 0 atom stereocenters. The predicted molar refractivity (Wildman–Crippen MR) is 65.6 cm³/mol. The molecule has 4 nitrogen and oxygen atoms in total. The molecule has 2 heterocycles. The first-order chi connectivity index (χ1) is 8.33. The van der Waals surface area contributed by atoms with Crippen LogP contribution in [0.3, 0.4) is 0 Å². The maximum atomic E-state index is 9.20. The summed E-state index contributed by atoms with van der Waals surface area (Å²) in [6.45, 7) is 1.83. The normalized spacial score (nSPS) is 23.8. The molecule has 0 unspecified atom stereocenters. The molecule has 1 fully saturated rings.